The molecule has 0 radical (unpaired) electrons. The third-order valence-corrected chi connectivity index (χ3v) is 3.55. The first-order valence-corrected chi connectivity index (χ1v) is 6.88. The van der Waals surface area contributed by atoms with Gasteiger partial charge in [0.2, 0.25) is 0 Å². The molecule has 3 unspecified atom stereocenters. The van der Waals surface area contributed by atoms with Gasteiger partial charge in [-0.2, -0.15) is 0 Å². The second-order valence-corrected chi connectivity index (χ2v) is 5.66. The van der Waals surface area contributed by atoms with Gasteiger partial charge in [-0.3, -0.25) is 0 Å². The Morgan fingerprint density at radius 3 is 2.33 bits per heavy atom. The van der Waals surface area contributed by atoms with Crippen LogP contribution in [0.3, 0.4) is 0 Å². The third-order valence-electron chi connectivity index (χ3n) is 3.55. The highest BCUT2D eigenvalue weighted by atomic mass is 16.3. The van der Waals surface area contributed by atoms with E-state index in [1.54, 1.807) is 0 Å². The van der Waals surface area contributed by atoms with E-state index < -0.39 is 0 Å². The number of aliphatic hydroxyl groups is 1. The molecule has 0 heterocycles. The van der Waals surface area contributed by atoms with Gasteiger partial charge in [0.25, 0.3) is 0 Å². The molecule has 1 rings (SSSR count). The van der Waals surface area contributed by atoms with Crippen LogP contribution in [0, 0.1) is 19.8 Å². The molecule has 0 amide bonds. The minimum absolute atomic E-state index is 0.210. The van der Waals surface area contributed by atoms with Crippen LogP contribution in [0.4, 0.5) is 0 Å². The SMILES string of the molecule is Cc1ccc(C(C)NCC(C)CC(C)O)cc1C. The highest BCUT2D eigenvalue weighted by Gasteiger charge is 2.10. The van der Waals surface area contributed by atoms with Crippen molar-refractivity contribution in [3.8, 4) is 0 Å². The van der Waals surface area contributed by atoms with E-state index in [4.69, 9.17) is 0 Å². The van der Waals surface area contributed by atoms with Gasteiger partial charge in [0.15, 0.2) is 0 Å². The summed E-state index contributed by atoms with van der Waals surface area (Å²) < 4.78 is 0. The van der Waals surface area contributed by atoms with Crippen LogP contribution < -0.4 is 5.32 Å². The van der Waals surface area contributed by atoms with Gasteiger partial charge in [0.05, 0.1) is 6.10 Å². The fraction of sp³-hybridized carbons (Fsp3) is 0.625. The average Bonchev–Trinajstić information content (AvgIpc) is 2.28. The van der Waals surface area contributed by atoms with Crippen LogP contribution in [-0.4, -0.2) is 17.8 Å². The van der Waals surface area contributed by atoms with Crippen molar-refractivity contribution in [3.63, 3.8) is 0 Å². The van der Waals surface area contributed by atoms with E-state index in [1.807, 2.05) is 6.92 Å². The Balaban J connectivity index is 2.49. The Bertz CT molecular complexity index is 373. The molecule has 1 aromatic carbocycles. The molecule has 0 bridgehead atoms. The minimum Gasteiger partial charge on any atom is -0.393 e. The first kappa shape index (κ1) is 15.2. The van der Waals surface area contributed by atoms with Crippen molar-refractivity contribution in [3.05, 3.63) is 34.9 Å². The van der Waals surface area contributed by atoms with E-state index in [2.05, 4.69) is 51.2 Å². The molecule has 18 heavy (non-hydrogen) atoms. The number of aliphatic hydroxyl groups excluding tert-OH is 1. The molecule has 0 saturated carbocycles. The molecule has 0 spiro atoms. The van der Waals surface area contributed by atoms with Crippen LogP contribution in [0.15, 0.2) is 18.2 Å². The Hall–Kier alpha value is -0.860. The first-order chi connectivity index (χ1) is 8.40. The first-order valence-electron chi connectivity index (χ1n) is 6.88. The van der Waals surface area contributed by atoms with Crippen LogP contribution in [0.5, 0.6) is 0 Å². The molecule has 0 aliphatic rings. The van der Waals surface area contributed by atoms with Crippen molar-refractivity contribution < 1.29 is 5.11 Å². The number of rotatable bonds is 6. The zero-order valence-electron chi connectivity index (χ0n) is 12.3. The molecular weight excluding hydrogens is 222 g/mol. The molecule has 0 saturated heterocycles. The maximum absolute atomic E-state index is 9.34. The van der Waals surface area contributed by atoms with E-state index in [-0.39, 0.29) is 6.10 Å². The molecule has 2 nitrogen and oxygen atoms in total. The topological polar surface area (TPSA) is 32.3 Å². The van der Waals surface area contributed by atoms with Gasteiger partial charge in [0.1, 0.15) is 0 Å². The van der Waals surface area contributed by atoms with Crippen molar-refractivity contribution in [1.29, 1.82) is 0 Å². The number of hydrogen-bond donors (Lipinski definition) is 2. The van der Waals surface area contributed by atoms with Gasteiger partial charge in [-0.25, -0.2) is 0 Å². The van der Waals surface area contributed by atoms with E-state index in [0.717, 1.165) is 13.0 Å². The van der Waals surface area contributed by atoms with Crippen LogP contribution in [0.2, 0.25) is 0 Å². The normalized spacial score (nSPS) is 16.3. The van der Waals surface area contributed by atoms with Crippen molar-refractivity contribution in [2.24, 2.45) is 5.92 Å². The summed E-state index contributed by atoms with van der Waals surface area (Å²) in [5, 5.41) is 12.9. The standard InChI is InChI=1S/C16H27NO/c1-11(8-14(4)18)10-17-15(5)16-7-6-12(2)13(3)9-16/h6-7,9,11,14-15,17-18H,8,10H2,1-5H3. The largest absolute Gasteiger partial charge is 0.393 e. The molecule has 3 atom stereocenters. The quantitative estimate of drug-likeness (QED) is 0.810. The van der Waals surface area contributed by atoms with Crippen molar-refractivity contribution in [1.82, 2.24) is 5.32 Å². The third kappa shape index (κ3) is 4.79. The molecule has 2 heteroatoms. The van der Waals surface area contributed by atoms with E-state index in [0.29, 0.717) is 12.0 Å². The van der Waals surface area contributed by atoms with Gasteiger partial charge in [-0.05, 0) is 63.3 Å². The maximum Gasteiger partial charge on any atom is 0.0515 e. The molecule has 0 fully saturated rings. The predicted octanol–water partition coefficient (Wildman–Crippen LogP) is 3.36. The zero-order chi connectivity index (χ0) is 13.7. The van der Waals surface area contributed by atoms with Crippen LogP contribution >= 0.6 is 0 Å². The van der Waals surface area contributed by atoms with Gasteiger partial charge in [-0.1, -0.05) is 25.1 Å². The summed E-state index contributed by atoms with van der Waals surface area (Å²) in [6.07, 6.45) is 0.644. The van der Waals surface area contributed by atoms with Crippen molar-refractivity contribution in [2.75, 3.05) is 6.54 Å². The Morgan fingerprint density at radius 1 is 1.11 bits per heavy atom. The molecule has 0 aromatic heterocycles. The highest BCUT2D eigenvalue weighted by Crippen LogP contribution is 2.17. The maximum atomic E-state index is 9.34. The molecule has 1 aromatic rings. The van der Waals surface area contributed by atoms with Crippen molar-refractivity contribution >= 4 is 0 Å². The molecule has 0 aliphatic heterocycles. The lowest BCUT2D eigenvalue weighted by Gasteiger charge is -2.19. The van der Waals surface area contributed by atoms with Crippen LogP contribution in [-0.2, 0) is 0 Å². The smallest absolute Gasteiger partial charge is 0.0515 e. The van der Waals surface area contributed by atoms with E-state index in [1.165, 1.54) is 16.7 Å². The summed E-state index contributed by atoms with van der Waals surface area (Å²) in [6.45, 7) is 11.5. The lowest BCUT2D eigenvalue weighted by Crippen LogP contribution is -2.26. The van der Waals surface area contributed by atoms with E-state index >= 15 is 0 Å². The van der Waals surface area contributed by atoms with Gasteiger partial charge >= 0.3 is 0 Å². The average molecular weight is 249 g/mol. The number of aryl methyl sites for hydroxylation is 2. The lowest BCUT2D eigenvalue weighted by atomic mass is 10.0. The fourth-order valence-electron chi connectivity index (χ4n) is 2.20. The fourth-order valence-corrected chi connectivity index (χ4v) is 2.20. The van der Waals surface area contributed by atoms with Crippen LogP contribution in [0.1, 0.15) is 49.9 Å². The number of nitrogens with one attached hydrogen (secondary N) is 1. The molecule has 0 aliphatic carbocycles. The van der Waals surface area contributed by atoms with E-state index in [9.17, 15) is 5.11 Å². The second kappa shape index (κ2) is 6.91. The summed E-state index contributed by atoms with van der Waals surface area (Å²) >= 11 is 0. The summed E-state index contributed by atoms with van der Waals surface area (Å²) in [4.78, 5) is 0. The Morgan fingerprint density at radius 2 is 1.78 bits per heavy atom. The number of hydrogen-bond acceptors (Lipinski definition) is 2. The van der Waals surface area contributed by atoms with Gasteiger partial charge in [-0.15, -0.1) is 0 Å². The lowest BCUT2D eigenvalue weighted by molar-refractivity contribution is 0.162. The molecular formula is C16H27NO. The summed E-state index contributed by atoms with van der Waals surface area (Å²) in [7, 11) is 0. The van der Waals surface area contributed by atoms with Gasteiger partial charge in [0, 0.05) is 6.04 Å². The molecule has 102 valence electrons. The minimum atomic E-state index is -0.210. The Labute approximate surface area is 111 Å². The Kier molecular flexibility index (Phi) is 5.83. The predicted molar refractivity (Wildman–Crippen MR) is 77.8 cm³/mol. The second-order valence-electron chi connectivity index (χ2n) is 5.66. The summed E-state index contributed by atoms with van der Waals surface area (Å²) in [6, 6.07) is 6.99. The number of benzene rings is 1. The molecule has 2 N–H and O–H groups in total. The zero-order valence-corrected chi connectivity index (χ0v) is 12.3. The highest BCUT2D eigenvalue weighted by molar-refractivity contribution is 5.31. The van der Waals surface area contributed by atoms with Crippen LogP contribution in [0.25, 0.3) is 0 Å². The summed E-state index contributed by atoms with van der Waals surface area (Å²) in [5.41, 5.74) is 4.02. The monoisotopic (exact) mass is 249 g/mol. The van der Waals surface area contributed by atoms with Crippen molar-refractivity contribution in [2.45, 2.75) is 53.2 Å². The van der Waals surface area contributed by atoms with Gasteiger partial charge < -0.3 is 10.4 Å². The summed E-state index contributed by atoms with van der Waals surface area (Å²) in [5.74, 6) is 0.499.